The largest absolute Gasteiger partial charge is 0.487 e. The van der Waals surface area contributed by atoms with Crippen LogP contribution < -0.4 is 4.74 Å². The summed E-state index contributed by atoms with van der Waals surface area (Å²) < 4.78 is 29.7. The van der Waals surface area contributed by atoms with Gasteiger partial charge in [0.1, 0.15) is 12.4 Å². The van der Waals surface area contributed by atoms with Gasteiger partial charge in [0.15, 0.2) is 15.5 Å². The Labute approximate surface area is 147 Å². The van der Waals surface area contributed by atoms with Crippen LogP contribution >= 0.6 is 0 Å². The molecule has 1 aromatic carbocycles. The van der Waals surface area contributed by atoms with Crippen LogP contribution in [0.3, 0.4) is 0 Å². The van der Waals surface area contributed by atoms with Gasteiger partial charge in [-0.15, -0.1) is 0 Å². The molecule has 0 saturated carbocycles. The zero-order chi connectivity index (χ0) is 18.2. The second-order valence-corrected chi connectivity index (χ2v) is 9.06. The molecular formula is C18H21N3O3S. The van der Waals surface area contributed by atoms with Gasteiger partial charge in [0.25, 0.3) is 0 Å². The van der Waals surface area contributed by atoms with Crippen molar-refractivity contribution < 1.29 is 13.2 Å². The summed E-state index contributed by atoms with van der Waals surface area (Å²) in [5.41, 5.74) is 2.06. The van der Waals surface area contributed by atoms with Crippen molar-refractivity contribution in [2.24, 2.45) is 0 Å². The van der Waals surface area contributed by atoms with E-state index in [4.69, 9.17) is 4.74 Å². The highest BCUT2D eigenvalue weighted by Crippen LogP contribution is 2.34. The number of benzene rings is 1. The molecule has 0 aliphatic carbocycles. The Bertz CT molecular complexity index is 1020. The monoisotopic (exact) mass is 359 g/mol. The molecular weight excluding hydrogens is 338 g/mol. The van der Waals surface area contributed by atoms with Crippen molar-refractivity contribution >= 4 is 20.9 Å². The highest BCUT2D eigenvalue weighted by Gasteiger charge is 2.22. The molecule has 0 saturated heterocycles. The van der Waals surface area contributed by atoms with Crippen LogP contribution in [0.4, 0.5) is 0 Å². The molecule has 1 N–H and O–H groups in total. The molecule has 0 bridgehead atoms. The highest BCUT2D eigenvalue weighted by atomic mass is 32.2. The molecule has 0 aliphatic rings. The predicted octanol–water partition coefficient (Wildman–Crippen LogP) is 3.24. The minimum absolute atomic E-state index is 0.256. The van der Waals surface area contributed by atoms with Gasteiger partial charge in [-0.25, -0.2) is 13.4 Å². The molecule has 6 nitrogen and oxygen atoms in total. The maximum absolute atomic E-state index is 11.9. The lowest BCUT2D eigenvalue weighted by Gasteiger charge is -2.23. The Balaban J connectivity index is 1.94. The number of nitrogens with one attached hydrogen (secondary N) is 1. The van der Waals surface area contributed by atoms with Crippen molar-refractivity contribution in [1.29, 1.82) is 0 Å². The molecule has 0 unspecified atom stereocenters. The van der Waals surface area contributed by atoms with E-state index in [0.717, 1.165) is 16.6 Å². The molecule has 0 radical (unpaired) electrons. The predicted molar refractivity (Wildman–Crippen MR) is 96.5 cm³/mol. The molecule has 7 heteroatoms. The van der Waals surface area contributed by atoms with Crippen LogP contribution in [-0.2, 0) is 21.9 Å². The fourth-order valence-corrected chi connectivity index (χ4v) is 3.26. The van der Waals surface area contributed by atoms with Crippen molar-refractivity contribution in [3.8, 4) is 5.75 Å². The van der Waals surface area contributed by atoms with Gasteiger partial charge in [-0.05, 0) is 35.7 Å². The van der Waals surface area contributed by atoms with E-state index in [9.17, 15) is 8.42 Å². The first kappa shape index (κ1) is 17.4. The summed E-state index contributed by atoms with van der Waals surface area (Å²) in [5, 5.41) is 8.01. The van der Waals surface area contributed by atoms with E-state index in [2.05, 4.69) is 15.2 Å². The summed E-state index contributed by atoms with van der Waals surface area (Å²) in [6.07, 6.45) is 2.90. The maximum atomic E-state index is 11.9. The SMILES string of the molecule is CC(C)(C)c1cc(S(C)(=O)=O)ccc1OCc1[nH]nc2ncccc12. The van der Waals surface area contributed by atoms with E-state index in [1.165, 1.54) is 6.26 Å². The molecule has 0 atom stereocenters. The minimum atomic E-state index is -3.27. The first-order chi connectivity index (χ1) is 11.7. The van der Waals surface area contributed by atoms with Gasteiger partial charge >= 0.3 is 0 Å². The minimum Gasteiger partial charge on any atom is -0.487 e. The van der Waals surface area contributed by atoms with Gasteiger partial charge in [-0.2, -0.15) is 5.10 Å². The number of sulfone groups is 1. The quantitative estimate of drug-likeness (QED) is 0.773. The number of aromatic amines is 1. The molecule has 3 rings (SSSR count). The number of hydrogen-bond acceptors (Lipinski definition) is 5. The molecule has 132 valence electrons. The van der Waals surface area contributed by atoms with E-state index in [1.54, 1.807) is 24.4 Å². The van der Waals surface area contributed by atoms with Crippen LogP contribution in [0.2, 0.25) is 0 Å². The number of H-pyrrole nitrogens is 1. The summed E-state index contributed by atoms with van der Waals surface area (Å²) in [5.74, 6) is 0.659. The van der Waals surface area contributed by atoms with Gasteiger partial charge in [0.2, 0.25) is 0 Å². The number of fused-ring (bicyclic) bond motifs is 1. The van der Waals surface area contributed by atoms with Crippen LogP contribution in [0.1, 0.15) is 32.0 Å². The summed E-state index contributed by atoms with van der Waals surface area (Å²) in [6, 6.07) is 8.77. The molecule has 0 aliphatic heterocycles. The molecule has 3 aromatic rings. The lowest BCUT2D eigenvalue weighted by Crippen LogP contribution is -2.15. The van der Waals surface area contributed by atoms with Gasteiger partial charge in [-0.3, -0.25) is 5.10 Å². The normalized spacial score (nSPS) is 12.5. The topological polar surface area (TPSA) is 84.9 Å². The summed E-state index contributed by atoms with van der Waals surface area (Å²) in [6.45, 7) is 6.37. The average molecular weight is 359 g/mol. The number of aromatic nitrogens is 3. The highest BCUT2D eigenvalue weighted by molar-refractivity contribution is 7.90. The van der Waals surface area contributed by atoms with Crippen molar-refractivity contribution in [2.45, 2.75) is 37.7 Å². The average Bonchev–Trinajstić information content (AvgIpc) is 2.94. The van der Waals surface area contributed by atoms with Gasteiger partial charge in [0.05, 0.1) is 10.6 Å². The zero-order valence-electron chi connectivity index (χ0n) is 14.7. The molecule has 0 spiro atoms. The zero-order valence-corrected chi connectivity index (χ0v) is 15.5. The van der Waals surface area contributed by atoms with Crippen molar-refractivity contribution in [3.05, 3.63) is 47.8 Å². The lowest BCUT2D eigenvalue weighted by molar-refractivity contribution is 0.294. The molecule has 2 aromatic heterocycles. The summed E-state index contributed by atoms with van der Waals surface area (Å²) in [7, 11) is -3.27. The van der Waals surface area contributed by atoms with Crippen LogP contribution in [-0.4, -0.2) is 29.9 Å². The van der Waals surface area contributed by atoms with E-state index >= 15 is 0 Å². The van der Waals surface area contributed by atoms with E-state index in [-0.39, 0.29) is 5.41 Å². The number of rotatable bonds is 4. The Morgan fingerprint density at radius 3 is 2.64 bits per heavy atom. The first-order valence-electron chi connectivity index (χ1n) is 7.91. The van der Waals surface area contributed by atoms with E-state index in [0.29, 0.717) is 22.9 Å². The molecule has 25 heavy (non-hydrogen) atoms. The number of pyridine rings is 1. The maximum Gasteiger partial charge on any atom is 0.181 e. The van der Waals surface area contributed by atoms with Gasteiger partial charge in [0, 0.05) is 23.4 Å². The summed E-state index contributed by atoms with van der Waals surface area (Å²) >= 11 is 0. The van der Waals surface area contributed by atoms with Crippen LogP contribution in [0.5, 0.6) is 5.75 Å². The van der Waals surface area contributed by atoms with E-state index in [1.807, 2.05) is 32.9 Å². The molecule has 0 amide bonds. The molecule has 2 heterocycles. The van der Waals surface area contributed by atoms with Crippen LogP contribution in [0.15, 0.2) is 41.4 Å². The Hall–Kier alpha value is -2.41. The first-order valence-corrected chi connectivity index (χ1v) is 9.81. The Kier molecular flexibility index (Phi) is 4.28. The second-order valence-electron chi connectivity index (χ2n) is 7.05. The standard InChI is InChI=1S/C18H21N3O3S/c1-18(2,3)14-10-12(25(4,22)23)7-8-16(14)24-11-15-13-6-5-9-19-17(13)21-20-15/h5-10H,11H2,1-4H3,(H,19,20,21). The Morgan fingerprint density at radius 1 is 1.20 bits per heavy atom. The second kappa shape index (κ2) is 6.15. The van der Waals surface area contributed by atoms with E-state index < -0.39 is 9.84 Å². The summed E-state index contributed by atoms with van der Waals surface area (Å²) in [4.78, 5) is 4.48. The van der Waals surface area contributed by atoms with Crippen LogP contribution in [0.25, 0.3) is 11.0 Å². The molecule has 0 fully saturated rings. The number of hydrogen-bond donors (Lipinski definition) is 1. The number of ether oxygens (including phenoxy) is 1. The lowest BCUT2D eigenvalue weighted by atomic mass is 9.86. The number of nitrogens with zero attached hydrogens (tertiary/aromatic N) is 2. The van der Waals surface area contributed by atoms with Crippen molar-refractivity contribution in [3.63, 3.8) is 0 Å². The van der Waals surface area contributed by atoms with Crippen molar-refractivity contribution in [1.82, 2.24) is 15.2 Å². The van der Waals surface area contributed by atoms with Gasteiger partial charge in [-0.1, -0.05) is 20.8 Å². The fraction of sp³-hybridized carbons (Fsp3) is 0.333. The van der Waals surface area contributed by atoms with Crippen molar-refractivity contribution in [2.75, 3.05) is 6.26 Å². The smallest absolute Gasteiger partial charge is 0.181 e. The Morgan fingerprint density at radius 2 is 1.96 bits per heavy atom. The third-order valence-electron chi connectivity index (χ3n) is 3.97. The third kappa shape index (κ3) is 3.66. The third-order valence-corrected chi connectivity index (χ3v) is 5.08. The van der Waals surface area contributed by atoms with Gasteiger partial charge < -0.3 is 4.74 Å². The van der Waals surface area contributed by atoms with Crippen LogP contribution in [0, 0.1) is 0 Å². The fourth-order valence-electron chi connectivity index (χ4n) is 2.61.